The number of alkyl halides is 2. The molecule has 1 unspecified atom stereocenters. The molecule has 0 aliphatic heterocycles. The first kappa shape index (κ1) is 11.9. The lowest BCUT2D eigenvalue weighted by molar-refractivity contribution is 0.130. The number of rotatable bonds is 3. The van der Waals surface area contributed by atoms with E-state index in [9.17, 15) is 8.78 Å². The molecule has 5 heteroatoms. The Hall–Kier alpha value is -1.15. The number of anilines is 1. The van der Waals surface area contributed by atoms with Crippen molar-refractivity contribution in [1.29, 1.82) is 5.26 Å². The zero-order chi connectivity index (χ0) is 11.4. The van der Waals surface area contributed by atoms with Gasteiger partial charge in [0.15, 0.2) is 0 Å². The SMILES string of the molecule is CC(Nc1ccc(C#N)cc1Br)C(F)F. The second-order valence-electron chi connectivity index (χ2n) is 3.07. The van der Waals surface area contributed by atoms with Gasteiger partial charge in [-0.3, -0.25) is 0 Å². The maximum Gasteiger partial charge on any atom is 0.258 e. The van der Waals surface area contributed by atoms with E-state index in [0.29, 0.717) is 15.7 Å². The maximum absolute atomic E-state index is 12.3. The molecule has 0 fully saturated rings. The van der Waals surface area contributed by atoms with Crippen LogP contribution in [0.4, 0.5) is 14.5 Å². The predicted octanol–water partition coefficient (Wildman–Crippen LogP) is 3.39. The summed E-state index contributed by atoms with van der Waals surface area (Å²) in [6.45, 7) is 1.40. The summed E-state index contributed by atoms with van der Waals surface area (Å²) in [6.07, 6.45) is -2.42. The standard InChI is InChI=1S/C10H9BrF2N2/c1-6(10(12)13)15-9-3-2-7(5-14)4-8(9)11/h2-4,6,10,15H,1H3. The fourth-order valence-corrected chi connectivity index (χ4v) is 1.50. The fourth-order valence-electron chi connectivity index (χ4n) is 1.01. The van der Waals surface area contributed by atoms with E-state index in [-0.39, 0.29) is 0 Å². The van der Waals surface area contributed by atoms with Crippen molar-refractivity contribution in [2.24, 2.45) is 0 Å². The van der Waals surface area contributed by atoms with Crippen LogP contribution in [0, 0.1) is 11.3 Å². The first-order valence-electron chi connectivity index (χ1n) is 4.29. The van der Waals surface area contributed by atoms with Crippen molar-refractivity contribution >= 4 is 21.6 Å². The van der Waals surface area contributed by atoms with E-state index in [1.165, 1.54) is 6.92 Å². The van der Waals surface area contributed by atoms with Gasteiger partial charge in [-0.1, -0.05) is 0 Å². The summed E-state index contributed by atoms with van der Waals surface area (Å²) >= 11 is 3.21. The molecule has 1 atom stereocenters. The maximum atomic E-state index is 12.3. The quantitative estimate of drug-likeness (QED) is 0.917. The summed E-state index contributed by atoms with van der Waals surface area (Å²) in [5.74, 6) is 0. The van der Waals surface area contributed by atoms with Crippen LogP contribution in [0.15, 0.2) is 22.7 Å². The highest BCUT2D eigenvalue weighted by Gasteiger charge is 2.15. The molecule has 0 saturated heterocycles. The van der Waals surface area contributed by atoms with Crippen molar-refractivity contribution in [2.75, 3.05) is 5.32 Å². The summed E-state index contributed by atoms with van der Waals surface area (Å²) in [5, 5.41) is 11.3. The average molecular weight is 275 g/mol. The van der Waals surface area contributed by atoms with Crippen molar-refractivity contribution in [3.8, 4) is 6.07 Å². The van der Waals surface area contributed by atoms with Gasteiger partial charge in [-0.2, -0.15) is 5.26 Å². The second kappa shape index (κ2) is 5.08. The van der Waals surface area contributed by atoms with Gasteiger partial charge in [-0.05, 0) is 41.1 Å². The van der Waals surface area contributed by atoms with Crippen molar-refractivity contribution in [2.45, 2.75) is 19.4 Å². The minimum Gasteiger partial charge on any atom is -0.376 e. The number of nitrogens with zero attached hydrogens (tertiary/aromatic N) is 1. The van der Waals surface area contributed by atoms with Gasteiger partial charge in [0.1, 0.15) is 0 Å². The van der Waals surface area contributed by atoms with Crippen LogP contribution < -0.4 is 5.32 Å². The van der Waals surface area contributed by atoms with Gasteiger partial charge < -0.3 is 5.32 Å². The third-order valence-electron chi connectivity index (χ3n) is 1.86. The molecule has 2 nitrogen and oxygen atoms in total. The Morgan fingerprint density at radius 1 is 1.47 bits per heavy atom. The molecule has 0 amide bonds. The molecular weight excluding hydrogens is 266 g/mol. The molecule has 0 bridgehead atoms. The molecule has 0 spiro atoms. The van der Waals surface area contributed by atoms with Crippen LogP contribution in [0.5, 0.6) is 0 Å². The molecule has 0 aromatic heterocycles. The molecular formula is C10H9BrF2N2. The number of halogens is 3. The zero-order valence-corrected chi connectivity index (χ0v) is 9.55. The molecule has 15 heavy (non-hydrogen) atoms. The van der Waals surface area contributed by atoms with E-state index in [2.05, 4.69) is 21.2 Å². The van der Waals surface area contributed by atoms with Gasteiger partial charge in [-0.15, -0.1) is 0 Å². The minimum atomic E-state index is -2.42. The molecule has 80 valence electrons. The summed E-state index contributed by atoms with van der Waals surface area (Å²) in [5.41, 5.74) is 1.04. The lowest BCUT2D eigenvalue weighted by atomic mass is 10.2. The van der Waals surface area contributed by atoms with E-state index < -0.39 is 12.5 Å². The van der Waals surface area contributed by atoms with Gasteiger partial charge in [0.05, 0.1) is 17.7 Å². The van der Waals surface area contributed by atoms with Gasteiger partial charge >= 0.3 is 0 Å². The number of hydrogen-bond acceptors (Lipinski definition) is 2. The average Bonchev–Trinajstić information content (AvgIpc) is 2.20. The van der Waals surface area contributed by atoms with Crippen LogP contribution in [0.3, 0.4) is 0 Å². The highest BCUT2D eigenvalue weighted by atomic mass is 79.9. The fraction of sp³-hybridized carbons (Fsp3) is 0.300. The monoisotopic (exact) mass is 274 g/mol. The van der Waals surface area contributed by atoms with Crippen LogP contribution in [0.1, 0.15) is 12.5 Å². The van der Waals surface area contributed by atoms with Gasteiger partial charge in [-0.25, -0.2) is 8.78 Å². The van der Waals surface area contributed by atoms with Crippen molar-refractivity contribution in [3.05, 3.63) is 28.2 Å². The third kappa shape index (κ3) is 3.17. The van der Waals surface area contributed by atoms with Crippen molar-refractivity contribution in [3.63, 3.8) is 0 Å². The Bertz CT molecular complexity index is 387. The largest absolute Gasteiger partial charge is 0.376 e. The first-order valence-corrected chi connectivity index (χ1v) is 5.08. The Morgan fingerprint density at radius 3 is 2.60 bits per heavy atom. The van der Waals surface area contributed by atoms with Crippen molar-refractivity contribution in [1.82, 2.24) is 0 Å². The van der Waals surface area contributed by atoms with Gasteiger partial charge in [0.25, 0.3) is 6.43 Å². The van der Waals surface area contributed by atoms with Crippen LogP contribution >= 0.6 is 15.9 Å². The molecule has 1 aromatic rings. The van der Waals surface area contributed by atoms with Gasteiger partial charge in [0, 0.05) is 10.2 Å². The zero-order valence-electron chi connectivity index (χ0n) is 7.97. The van der Waals surface area contributed by atoms with E-state index in [4.69, 9.17) is 5.26 Å². The number of nitriles is 1. The molecule has 1 rings (SSSR count). The summed E-state index contributed by atoms with van der Waals surface area (Å²) in [6, 6.07) is 5.80. The van der Waals surface area contributed by atoms with Crippen LogP contribution in [0.2, 0.25) is 0 Å². The summed E-state index contributed by atoms with van der Waals surface area (Å²) in [7, 11) is 0. The first-order chi connectivity index (χ1) is 7.04. The van der Waals surface area contributed by atoms with Crippen molar-refractivity contribution < 1.29 is 8.78 Å². The van der Waals surface area contributed by atoms with E-state index in [0.717, 1.165) is 0 Å². The normalized spacial score (nSPS) is 12.3. The number of nitrogens with one attached hydrogen (secondary N) is 1. The molecule has 1 aromatic carbocycles. The van der Waals surface area contributed by atoms with Gasteiger partial charge in [0.2, 0.25) is 0 Å². The molecule has 0 radical (unpaired) electrons. The Labute approximate surface area is 95.0 Å². The minimum absolute atomic E-state index is 0.483. The topological polar surface area (TPSA) is 35.8 Å². The molecule has 0 aliphatic carbocycles. The summed E-state index contributed by atoms with van der Waals surface area (Å²) < 4.78 is 25.1. The molecule has 0 aliphatic rings. The highest BCUT2D eigenvalue weighted by Crippen LogP contribution is 2.24. The lowest BCUT2D eigenvalue weighted by Crippen LogP contribution is -2.23. The van der Waals surface area contributed by atoms with E-state index >= 15 is 0 Å². The van der Waals surface area contributed by atoms with Crippen LogP contribution in [0.25, 0.3) is 0 Å². The molecule has 1 N–H and O–H groups in total. The summed E-state index contributed by atoms with van der Waals surface area (Å²) in [4.78, 5) is 0. The van der Waals surface area contributed by atoms with E-state index in [1.807, 2.05) is 6.07 Å². The second-order valence-corrected chi connectivity index (χ2v) is 3.93. The molecule has 0 saturated carbocycles. The third-order valence-corrected chi connectivity index (χ3v) is 2.52. The van der Waals surface area contributed by atoms with E-state index in [1.54, 1.807) is 18.2 Å². The predicted molar refractivity (Wildman–Crippen MR) is 57.9 cm³/mol. The smallest absolute Gasteiger partial charge is 0.258 e. The Kier molecular flexibility index (Phi) is 4.04. The Balaban J connectivity index is 2.84. The van der Waals surface area contributed by atoms with Crippen LogP contribution in [-0.4, -0.2) is 12.5 Å². The number of hydrogen-bond donors (Lipinski definition) is 1. The van der Waals surface area contributed by atoms with Crippen LogP contribution in [-0.2, 0) is 0 Å². The highest BCUT2D eigenvalue weighted by molar-refractivity contribution is 9.10. The lowest BCUT2D eigenvalue weighted by Gasteiger charge is -2.15. The molecule has 0 heterocycles. The Morgan fingerprint density at radius 2 is 2.13 bits per heavy atom. The number of benzene rings is 1.